The number of aryl methyl sites for hydroxylation is 1. The minimum atomic E-state index is -0.327. The topological polar surface area (TPSA) is 33.0 Å². The maximum absolute atomic E-state index is 12.9. The van der Waals surface area contributed by atoms with Gasteiger partial charge in [0.1, 0.15) is 17.6 Å². The van der Waals surface area contributed by atoms with Crippen LogP contribution < -0.4 is 4.74 Å². The van der Waals surface area contributed by atoms with Gasteiger partial charge in [-0.25, -0.2) is 4.39 Å². The van der Waals surface area contributed by atoms with Crippen molar-refractivity contribution >= 4 is 0 Å². The van der Waals surface area contributed by atoms with E-state index in [2.05, 4.69) is 0 Å². The predicted molar refractivity (Wildman–Crippen MR) is 46.9 cm³/mol. The van der Waals surface area contributed by atoms with Gasteiger partial charge in [0, 0.05) is 6.07 Å². The normalized spacial score (nSPS) is 9.31. The number of rotatable bonds is 3. The molecule has 0 aliphatic rings. The van der Waals surface area contributed by atoms with Gasteiger partial charge in [-0.3, -0.25) is 0 Å². The fourth-order valence-corrected chi connectivity index (χ4v) is 1.02. The van der Waals surface area contributed by atoms with Gasteiger partial charge in [0.2, 0.25) is 0 Å². The summed E-state index contributed by atoms with van der Waals surface area (Å²) in [7, 11) is 0. The van der Waals surface area contributed by atoms with Crippen molar-refractivity contribution in [2.45, 2.75) is 13.3 Å². The first-order chi connectivity index (χ1) is 6.26. The van der Waals surface area contributed by atoms with Crippen molar-refractivity contribution in [2.75, 3.05) is 6.61 Å². The second kappa shape index (κ2) is 4.46. The van der Waals surface area contributed by atoms with Crippen molar-refractivity contribution in [3.8, 4) is 11.8 Å². The molecule has 0 fully saturated rings. The fourth-order valence-electron chi connectivity index (χ4n) is 1.02. The molecule has 0 atom stereocenters. The Morgan fingerprint density at radius 2 is 2.23 bits per heavy atom. The Morgan fingerprint density at radius 3 is 2.85 bits per heavy atom. The van der Waals surface area contributed by atoms with Crippen molar-refractivity contribution in [2.24, 2.45) is 0 Å². The molecule has 1 aromatic carbocycles. The lowest BCUT2D eigenvalue weighted by Gasteiger charge is -2.03. The lowest BCUT2D eigenvalue weighted by atomic mass is 10.1. The van der Waals surface area contributed by atoms with Crippen molar-refractivity contribution in [3.63, 3.8) is 0 Å². The number of nitriles is 1. The molecule has 0 aliphatic carbocycles. The maximum Gasteiger partial charge on any atom is 0.174 e. The monoisotopic (exact) mass is 179 g/mol. The summed E-state index contributed by atoms with van der Waals surface area (Å²) in [5.41, 5.74) is 0.868. The molecular weight excluding hydrogens is 169 g/mol. The Balaban J connectivity index is 2.83. The zero-order chi connectivity index (χ0) is 9.68. The molecule has 0 radical (unpaired) electrons. The Labute approximate surface area is 76.6 Å². The highest BCUT2D eigenvalue weighted by molar-refractivity contribution is 5.29. The first-order valence-electron chi connectivity index (χ1n) is 4.05. The van der Waals surface area contributed by atoms with E-state index in [1.807, 2.05) is 13.0 Å². The SMILES string of the molecule is CCc1cc(F)cc(OCC#N)c1. The molecule has 0 amide bonds. The molecule has 13 heavy (non-hydrogen) atoms. The molecule has 0 unspecified atom stereocenters. The van der Waals surface area contributed by atoms with Crippen LogP contribution >= 0.6 is 0 Å². The molecule has 0 bridgehead atoms. The third kappa shape index (κ3) is 2.75. The molecule has 0 aromatic heterocycles. The van der Waals surface area contributed by atoms with Crippen LogP contribution in [0.2, 0.25) is 0 Å². The Kier molecular flexibility index (Phi) is 3.27. The van der Waals surface area contributed by atoms with E-state index in [9.17, 15) is 4.39 Å². The Hall–Kier alpha value is -1.56. The summed E-state index contributed by atoms with van der Waals surface area (Å²) in [4.78, 5) is 0. The summed E-state index contributed by atoms with van der Waals surface area (Å²) in [6.45, 7) is 1.88. The smallest absolute Gasteiger partial charge is 0.174 e. The van der Waals surface area contributed by atoms with Crippen LogP contribution in [0.4, 0.5) is 4.39 Å². The van der Waals surface area contributed by atoms with Crippen LogP contribution in [0, 0.1) is 17.1 Å². The third-order valence-corrected chi connectivity index (χ3v) is 1.64. The average Bonchev–Trinajstić information content (AvgIpc) is 2.14. The minimum absolute atomic E-state index is 0.0490. The summed E-state index contributed by atoms with van der Waals surface area (Å²) in [5, 5.41) is 8.25. The van der Waals surface area contributed by atoms with Crippen molar-refractivity contribution in [3.05, 3.63) is 29.6 Å². The lowest BCUT2D eigenvalue weighted by molar-refractivity contribution is 0.365. The molecule has 0 aliphatic heterocycles. The van der Waals surface area contributed by atoms with Crippen molar-refractivity contribution in [1.82, 2.24) is 0 Å². The standard InChI is InChI=1S/C10H10FNO/c1-2-8-5-9(11)7-10(6-8)13-4-3-12/h5-7H,2,4H2,1H3. The second-order valence-corrected chi connectivity index (χ2v) is 2.60. The van der Waals surface area contributed by atoms with E-state index in [1.165, 1.54) is 12.1 Å². The third-order valence-electron chi connectivity index (χ3n) is 1.64. The summed E-state index contributed by atoms with van der Waals surface area (Å²) >= 11 is 0. The lowest BCUT2D eigenvalue weighted by Crippen LogP contribution is -1.95. The minimum Gasteiger partial charge on any atom is -0.479 e. The number of halogens is 1. The summed E-state index contributed by atoms with van der Waals surface area (Å²) in [6, 6.07) is 6.30. The van der Waals surface area contributed by atoms with Gasteiger partial charge in [-0.05, 0) is 24.1 Å². The fraction of sp³-hybridized carbons (Fsp3) is 0.300. The van der Waals surface area contributed by atoms with E-state index in [0.29, 0.717) is 5.75 Å². The summed E-state index contributed by atoms with van der Waals surface area (Å²) < 4.78 is 17.9. The van der Waals surface area contributed by atoms with Gasteiger partial charge < -0.3 is 4.74 Å². The maximum atomic E-state index is 12.9. The molecule has 2 nitrogen and oxygen atoms in total. The Morgan fingerprint density at radius 1 is 1.46 bits per heavy atom. The van der Waals surface area contributed by atoms with E-state index in [0.717, 1.165) is 12.0 Å². The van der Waals surface area contributed by atoms with E-state index in [-0.39, 0.29) is 12.4 Å². The molecule has 1 rings (SSSR count). The van der Waals surface area contributed by atoms with E-state index < -0.39 is 0 Å². The van der Waals surface area contributed by atoms with E-state index in [4.69, 9.17) is 10.00 Å². The number of hydrogen-bond donors (Lipinski definition) is 0. The van der Waals surface area contributed by atoms with E-state index in [1.54, 1.807) is 6.07 Å². The largest absolute Gasteiger partial charge is 0.479 e. The molecule has 0 saturated heterocycles. The van der Waals surface area contributed by atoms with Crippen LogP contribution in [0.25, 0.3) is 0 Å². The quantitative estimate of drug-likeness (QED) is 0.713. The van der Waals surface area contributed by atoms with Gasteiger partial charge >= 0.3 is 0 Å². The summed E-state index contributed by atoms with van der Waals surface area (Å²) in [6.07, 6.45) is 0.751. The van der Waals surface area contributed by atoms with Gasteiger partial charge in [-0.2, -0.15) is 5.26 Å². The van der Waals surface area contributed by atoms with Gasteiger partial charge in [-0.1, -0.05) is 6.92 Å². The molecule has 0 heterocycles. The van der Waals surface area contributed by atoms with Crippen LogP contribution in [-0.2, 0) is 6.42 Å². The highest BCUT2D eigenvalue weighted by Gasteiger charge is 1.99. The number of ether oxygens (including phenoxy) is 1. The van der Waals surface area contributed by atoms with Crippen LogP contribution in [0.1, 0.15) is 12.5 Å². The molecule has 68 valence electrons. The van der Waals surface area contributed by atoms with Crippen LogP contribution in [0.3, 0.4) is 0 Å². The zero-order valence-corrected chi connectivity index (χ0v) is 7.38. The van der Waals surface area contributed by atoms with Gasteiger partial charge in [-0.15, -0.1) is 0 Å². The van der Waals surface area contributed by atoms with Gasteiger partial charge in [0.15, 0.2) is 6.61 Å². The number of nitrogens with zero attached hydrogens (tertiary/aromatic N) is 1. The van der Waals surface area contributed by atoms with Crippen molar-refractivity contribution in [1.29, 1.82) is 5.26 Å². The van der Waals surface area contributed by atoms with Crippen LogP contribution in [0.5, 0.6) is 5.75 Å². The van der Waals surface area contributed by atoms with Crippen molar-refractivity contribution < 1.29 is 9.13 Å². The molecule has 0 saturated carbocycles. The highest BCUT2D eigenvalue weighted by Crippen LogP contribution is 2.16. The average molecular weight is 179 g/mol. The molecular formula is C10H10FNO. The first-order valence-corrected chi connectivity index (χ1v) is 4.05. The Bertz CT molecular complexity index is 330. The predicted octanol–water partition coefficient (Wildman–Crippen LogP) is 2.29. The second-order valence-electron chi connectivity index (χ2n) is 2.60. The molecule has 1 aromatic rings. The van der Waals surface area contributed by atoms with E-state index >= 15 is 0 Å². The molecule has 0 spiro atoms. The highest BCUT2D eigenvalue weighted by atomic mass is 19.1. The first kappa shape index (κ1) is 9.53. The van der Waals surface area contributed by atoms with Gasteiger partial charge in [0.05, 0.1) is 0 Å². The number of hydrogen-bond acceptors (Lipinski definition) is 2. The number of benzene rings is 1. The molecule has 3 heteroatoms. The molecule has 0 N–H and O–H groups in total. The van der Waals surface area contributed by atoms with Crippen LogP contribution in [-0.4, -0.2) is 6.61 Å². The zero-order valence-electron chi connectivity index (χ0n) is 7.38. The van der Waals surface area contributed by atoms with Crippen LogP contribution in [0.15, 0.2) is 18.2 Å². The summed E-state index contributed by atoms with van der Waals surface area (Å²) in [5.74, 6) is 0.0886. The van der Waals surface area contributed by atoms with Gasteiger partial charge in [0.25, 0.3) is 0 Å².